The topological polar surface area (TPSA) is 9.23 Å². The first-order valence-corrected chi connectivity index (χ1v) is 2.58. The molecule has 1 rings (SSSR count). The summed E-state index contributed by atoms with van der Waals surface area (Å²) in [7, 11) is 0. The van der Waals surface area contributed by atoms with Crippen molar-refractivity contribution in [2.24, 2.45) is 0 Å². The molecule has 1 nitrogen and oxygen atoms in total. The Balaban J connectivity index is 0.000000360. The van der Waals surface area contributed by atoms with Gasteiger partial charge in [-0.05, 0) is 19.3 Å². The van der Waals surface area contributed by atoms with Crippen LogP contribution in [0, 0.1) is 0 Å². The van der Waals surface area contributed by atoms with E-state index in [-0.39, 0.29) is 27.3 Å². The average molecular weight is 295 g/mol. The Morgan fingerprint density at radius 1 is 0.857 bits per heavy atom. The molecular formula is C5H12OPb. The summed E-state index contributed by atoms with van der Waals surface area (Å²) in [4.78, 5) is 0. The molecule has 0 aromatic carbocycles. The summed E-state index contributed by atoms with van der Waals surface area (Å²) in [5.74, 6) is 0. The summed E-state index contributed by atoms with van der Waals surface area (Å²) in [6, 6.07) is 0. The maximum absolute atomic E-state index is 5.07. The number of hydrogen-bond donors (Lipinski definition) is 0. The summed E-state index contributed by atoms with van der Waals surface area (Å²) >= 11 is 0. The van der Waals surface area contributed by atoms with Crippen LogP contribution in [-0.2, 0) is 4.74 Å². The van der Waals surface area contributed by atoms with Crippen LogP contribution in [0.2, 0.25) is 0 Å². The molecule has 0 atom stereocenters. The number of rotatable bonds is 0. The fraction of sp³-hybridized carbons (Fsp3) is 1.00. The van der Waals surface area contributed by atoms with Gasteiger partial charge in [0, 0.05) is 13.2 Å². The summed E-state index contributed by atoms with van der Waals surface area (Å²) in [6.07, 6.45) is 3.93. The molecule has 0 amide bonds. The molecule has 1 aliphatic rings. The van der Waals surface area contributed by atoms with E-state index in [1.807, 2.05) is 0 Å². The number of ether oxygens (including phenoxy) is 1. The Morgan fingerprint density at radius 2 is 1.43 bits per heavy atom. The van der Waals surface area contributed by atoms with Gasteiger partial charge in [-0.15, -0.1) is 0 Å². The third kappa shape index (κ3) is 3.46. The predicted molar refractivity (Wildman–Crippen MR) is 33.2 cm³/mol. The molecule has 1 aliphatic heterocycles. The first kappa shape index (κ1) is 7.88. The van der Waals surface area contributed by atoms with Gasteiger partial charge in [-0.2, -0.15) is 0 Å². The second-order valence-electron chi connectivity index (χ2n) is 1.67. The van der Waals surface area contributed by atoms with Crippen molar-refractivity contribution < 1.29 is 4.74 Å². The van der Waals surface area contributed by atoms with Gasteiger partial charge < -0.3 is 4.74 Å². The molecular weight excluding hydrogens is 283 g/mol. The third-order valence-electron chi connectivity index (χ3n) is 1.08. The van der Waals surface area contributed by atoms with Gasteiger partial charge in [0.2, 0.25) is 0 Å². The maximum atomic E-state index is 5.07. The van der Waals surface area contributed by atoms with Gasteiger partial charge in [-0.1, -0.05) is 0 Å². The zero-order valence-corrected chi connectivity index (χ0v) is 10.1. The first-order valence-electron chi connectivity index (χ1n) is 2.58. The molecule has 7 heavy (non-hydrogen) atoms. The summed E-state index contributed by atoms with van der Waals surface area (Å²) in [5, 5.41) is 0. The van der Waals surface area contributed by atoms with Gasteiger partial charge in [0.1, 0.15) is 0 Å². The Labute approximate surface area is 64.6 Å². The molecule has 0 aromatic rings. The van der Waals surface area contributed by atoms with E-state index in [1.54, 1.807) is 0 Å². The van der Waals surface area contributed by atoms with Crippen LogP contribution in [0.15, 0.2) is 0 Å². The van der Waals surface area contributed by atoms with Crippen molar-refractivity contribution in [3.05, 3.63) is 0 Å². The minimum absolute atomic E-state index is 0. The molecule has 42 valence electrons. The van der Waals surface area contributed by atoms with Gasteiger partial charge in [0.05, 0.1) is 0 Å². The minimum atomic E-state index is 0. The molecule has 2 heteroatoms. The van der Waals surface area contributed by atoms with Gasteiger partial charge in [0.15, 0.2) is 0 Å². The van der Waals surface area contributed by atoms with Crippen molar-refractivity contribution in [3.63, 3.8) is 0 Å². The van der Waals surface area contributed by atoms with Crippen molar-refractivity contribution in [1.82, 2.24) is 0 Å². The van der Waals surface area contributed by atoms with Crippen LogP contribution in [0.25, 0.3) is 0 Å². The molecule has 0 aromatic heterocycles. The summed E-state index contributed by atoms with van der Waals surface area (Å²) in [5.41, 5.74) is 0. The normalized spacial score (nSPS) is 20.6. The Hall–Kier alpha value is 0.882. The molecule has 2 radical (unpaired) electrons. The SMILES string of the molecule is C1CCOCC1.[PbH2]. The van der Waals surface area contributed by atoms with Crippen molar-refractivity contribution in [1.29, 1.82) is 0 Å². The average Bonchev–Trinajstić information content (AvgIpc) is 1.72. The Kier molecular flexibility index (Phi) is 5.66. The summed E-state index contributed by atoms with van der Waals surface area (Å²) in [6.45, 7) is 2.00. The van der Waals surface area contributed by atoms with E-state index in [1.165, 1.54) is 19.3 Å². The van der Waals surface area contributed by atoms with Crippen LogP contribution in [0.5, 0.6) is 0 Å². The fourth-order valence-electron chi connectivity index (χ4n) is 0.687. The molecule has 0 N–H and O–H groups in total. The van der Waals surface area contributed by atoms with Crippen LogP contribution in [-0.4, -0.2) is 40.5 Å². The standard InChI is InChI=1S/C5H10O.Pb.2H/c1-2-4-6-5-3-1;;;/h1-5H2;;;. The number of hydrogen-bond acceptors (Lipinski definition) is 1. The van der Waals surface area contributed by atoms with Gasteiger partial charge in [0.25, 0.3) is 0 Å². The van der Waals surface area contributed by atoms with Gasteiger partial charge in [-0.25, -0.2) is 0 Å². The van der Waals surface area contributed by atoms with Crippen LogP contribution in [0.1, 0.15) is 19.3 Å². The molecule has 0 aliphatic carbocycles. The Morgan fingerprint density at radius 3 is 1.57 bits per heavy atom. The molecule has 1 saturated heterocycles. The van der Waals surface area contributed by atoms with Crippen LogP contribution in [0.3, 0.4) is 0 Å². The molecule has 1 fully saturated rings. The van der Waals surface area contributed by atoms with Gasteiger partial charge >= 0.3 is 27.3 Å². The van der Waals surface area contributed by atoms with E-state index in [0.29, 0.717) is 0 Å². The van der Waals surface area contributed by atoms with E-state index < -0.39 is 0 Å². The quantitative estimate of drug-likeness (QED) is 0.583. The third-order valence-corrected chi connectivity index (χ3v) is 1.08. The van der Waals surface area contributed by atoms with Crippen molar-refractivity contribution >= 4 is 27.3 Å². The molecule has 0 unspecified atom stereocenters. The zero-order chi connectivity index (χ0) is 4.24. The second-order valence-corrected chi connectivity index (χ2v) is 1.67. The van der Waals surface area contributed by atoms with Crippen molar-refractivity contribution in [2.45, 2.75) is 19.3 Å². The van der Waals surface area contributed by atoms with E-state index >= 15 is 0 Å². The molecule has 1 heterocycles. The fourth-order valence-corrected chi connectivity index (χ4v) is 0.687. The van der Waals surface area contributed by atoms with Crippen LogP contribution >= 0.6 is 0 Å². The zero-order valence-electron chi connectivity index (χ0n) is 4.65. The second kappa shape index (κ2) is 5.03. The van der Waals surface area contributed by atoms with E-state index in [0.717, 1.165) is 13.2 Å². The van der Waals surface area contributed by atoms with Crippen LogP contribution < -0.4 is 0 Å². The van der Waals surface area contributed by atoms with E-state index in [4.69, 9.17) is 4.74 Å². The molecule has 0 bridgehead atoms. The summed E-state index contributed by atoms with van der Waals surface area (Å²) < 4.78 is 5.07. The predicted octanol–water partition coefficient (Wildman–Crippen LogP) is 0.271. The van der Waals surface area contributed by atoms with Crippen molar-refractivity contribution in [3.8, 4) is 0 Å². The van der Waals surface area contributed by atoms with E-state index in [9.17, 15) is 0 Å². The van der Waals surface area contributed by atoms with Crippen molar-refractivity contribution in [2.75, 3.05) is 13.2 Å². The van der Waals surface area contributed by atoms with E-state index in [2.05, 4.69) is 0 Å². The molecule has 0 spiro atoms. The first-order chi connectivity index (χ1) is 3.00. The van der Waals surface area contributed by atoms with Crippen LogP contribution in [0.4, 0.5) is 0 Å². The van der Waals surface area contributed by atoms with Gasteiger partial charge in [-0.3, -0.25) is 0 Å². The molecule has 0 saturated carbocycles. The monoisotopic (exact) mass is 296 g/mol. The Bertz CT molecular complexity index is 23.6.